The number of benzene rings is 1. The molecule has 0 fully saturated rings. The van der Waals surface area contributed by atoms with Crippen molar-refractivity contribution < 1.29 is 19.1 Å². The molecular weight excluding hydrogens is 332 g/mol. The van der Waals surface area contributed by atoms with Crippen LogP contribution >= 0.6 is 0 Å². The van der Waals surface area contributed by atoms with Gasteiger partial charge in [0.25, 0.3) is 5.91 Å². The van der Waals surface area contributed by atoms with Crippen LogP contribution in [0.25, 0.3) is 0 Å². The molecule has 1 aliphatic heterocycles. The molecule has 1 heterocycles. The van der Waals surface area contributed by atoms with E-state index in [1.54, 1.807) is 30.0 Å². The van der Waals surface area contributed by atoms with Crippen molar-refractivity contribution in [2.75, 3.05) is 11.4 Å². The molecule has 6 heteroatoms. The van der Waals surface area contributed by atoms with E-state index < -0.39 is 17.6 Å². The van der Waals surface area contributed by atoms with Crippen LogP contribution in [0.15, 0.2) is 30.9 Å². The van der Waals surface area contributed by atoms with Crippen molar-refractivity contribution >= 4 is 23.5 Å². The lowest BCUT2D eigenvalue weighted by Gasteiger charge is -2.29. The summed E-state index contributed by atoms with van der Waals surface area (Å²) in [6, 6.07) is 5.09. The van der Waals surface area contributed by atoms with Crippen LogP contribution < -0.4 is 10.2 Å². The zero-order chi connectivity index (χ0) is 19.5. The van der Waals surface area contributed by atoms with Crippen molar-refractivity contribution in [3.05, 3.63) is 42.0 Å². The van der Waals surface area contributed by atoms with Gasteiger partial charge in [0.05, 0.1) is 5.56 Å². The molecule has 26 heavy (non-hydrogen) atoms. The SMILES string of the molecule is C=CC(=O)N1CCCc2cc(C(=O)OC(C)C(=O)NC(C)(C)C)ccc21. The van der Waals surface area contributed by atoms with Gasteiger partial charge in [-0.3, -0.25) is 9.59 Å². The fraction of sp³-hybridized carbons (Fsp3) is 0.450. The average molecular weight is 358 g/mol. The van der Waals surface area contributed by atoms with E-state index in [2.05, 4.69) is 11.9 Å². The second-order valence-electron chi connectivity index (χ2n) is 7.43. The molecule has 2 amide bonds. The average Bonchev–Trinajstić information content (AvgIpc) is 2.58. The third kappa shape index (κ3) is 4.71. The third-order valence-corrected chi connectivity index (χ3v) is 4.03. The summed E-state index contributed by atoms with van der Waals surface area (Å²) < 4.78 is 5.28. The third-order valence-electron chi connectivity index (χ3n) is 4.03. The highest BCUT2D eigenvalue weighted by Crippen LogP contribution is 2.28. The Morgan fingerprint density at radius 1 is 1.31 bits per heavy atom. The molecule has 1 aromatic rings. The van der Waals surface area contributed by atoms with Gasteiger partial charge in [0.2, 0.25) is 5.91 Å². The zero-order valence-electron chi connectivity index (χ0n) is 15.8. The highest BCUT2D eigenvalue weighted by Gasteiger charge is 2.25. The van der Waals surface area contributed by atoms with Gasteiger partial charge in [0.15, 0.2) is 6.10 Å². The molecule has 0 aliphatic carbocycles. The molecule has 0 radical (unpaired) electrons. The molecule has 6 nitrogen and oxygen atoms in total. The number of ether oxygens (including phenoxy) is 1. The molecule has 0 bridgehead atoms. The first-order chi connectivity index (χ1) is 12.1. The number of carbonyl (C=O) groups excluding carboxylic acids is 3. The number of anilines is 1. The Bertz CT molecular complexity index is 734. The van der Waals surface area contributed by atoms with E-state index in [1.807, 2.05) is 20.8 Å². The lowest BCUT2D eigenvalue weighted by atomic mass is 9.99. The van der Waals surface area contributed by atoms with Gasteiger partial charge in [-0.2, -0.15) is 0 Å². The second kappa shape index (κ2) is 7.72. The maximum Gasteiger partial charge on any atom is 0.338 e. The monoisotopic (exact) mass is 358 g/mol. The van der Waals surface area contributed by atoms with Gasteiger partial charge in [-0.15, -0.1) is 0 Å². The maximum absolute atomic E-state index is 12.4. The number of nitrogens with one attached hydrogen (secondary N) is 1. The smallest absolute Gasteiger partial charge is 0.338 e. The van der Waals surface area contributed by atoms with Crippen LogP contribution in [0, 0.1) is 0 Å². The Hall–Kier alpha value is -2.63. The first kappa shape index (κ1) is 19.7. The van der Waals surface area contributed by atoms with Crippen LogP contribution in [0.1, 0.15) is 50.0 Å². The predicted molar refractivity (Wildman–Crippen MR) is 100 cm³/mol. The van der Waals surface area contributed by atoms with Gasteiger partial charge in [0.1, 0.15) is 0 Å². The van der Waals surface area contributed by atoms with E-state index in [-0.39, 0.29) is 11.8 Å². The highest BCUT2D eigenvalue weighted by atomic mass is 16.5. The number of hydrogen-bond donors (Lipinski definition) is 1. The normalized spacial score (nSPS) is 14.8. The Morgan fingerprint density at radius 2 is 2.00 bits per heavy atom. The number of hydrogen-bond acceptors (Lipinski definition) is 4. The van der Waals surface area contributed by atoms with Crippen LogP contribution in [0.2, 0.25) is 0 Å². The van der Waals surface area contributed by atoms with Gasteiger partial charge in [0, 0.05) is 17.8 Å². The lowest BCUT2D eigenvalue weighted by Crippen LogP contribution is -2.46. The maximum atomic E-state index is 12.4. The summed E-state index contributed by atoms with van der Waals surface area (Å²) in [6.07, 6.45) is 1.98. The lowest BCUT2D eigenvalue weighted by molar-refractivity contribution is -0.130. The molecule has 1 aliphatic rings. The molecule has 1 atom stereocenters. The summed E-state index contributed by atoms with van der Waals surface area (Å²) >= 11 is 0. The number of fused-ring (bicyclic) bond motifs is 1. The minimum Gasteiger partial charge on any atom is -0.449 e. The molecule has 0 spiro atoms. The molecule has 0 saturated heterocycles. The topological polar surface area (TPSA) is 75.7 Å². The number of rotatable bonds is 4. The molecule has 140 valence electrons. The highest BCUT2D eigenvalue weighted by molar-refractivity contribution is 6.02. The van der Waals surface area contributed by atoms with Crippen LogP contribution in [0.3, 0.4) is 0 Å². The number of carbonyl (C=O) groups is 3. The minimum atomic E-state index is -0.892. The summed E-state index contributed by atoms with van der Waals surface area (Å²) in [5.41, 5.74) is 1.67. The van der Waals surface area contributed by atoms with Crippen molar-refractivity contribution in [1.82, 2.24) is 5.32 Å². The van der Waals surface area contributed by atoms with Crippen LogP contribution in [0.4, 0.5) is 5.69 Å². The van der Waals surface area contributed by atoms with E-state index in [1.165, 1.54) is 6.08 Å². The summed E-state index contributed by atoms with van der Waals surface area (Å²) in [4.78, 5) is 38.1. The fourth-order valence-corrected chi connectivity index (χ4v) is 2.82. The summed E-state index contributed by atoms with van der Waals surface area (Å²) in [7, 11) is 0. The van der Waals surface area contributed by atoms with Gasteiger partial charge in [-0.25, -0.2) is 4.79 Å². The van der Waals surface area contributed by atoms with Crippen molar-refractivity contribution in [3.8, 4) is 0 Å². The van der Waals surface area contributed by atoms with E-state index in [0.717, 1.165) is 24.1 Å². The number of esters is 1. The second-order valence-corrected chi connectivity index (χ2v) is 7.43. The van der Waals surface area contributed by atoms with Crippen molar-refractivity contribution in [2.24, 2.45) is 0 Å². The van der Waals surface area contributed by atoms with Gasteiger partial charge in [-0.1, -0.05) is 6.58 Å². The molecule has 1 N–H and O–H groups in total. The van der Waals surface area contributed by atoms with Gasteiger partial charge < -0.3 is 15.0 Å². The van der Waals surface area contributed by atoms with E-state index in [0.29, 0.717) is 12.1 Å². The molecule has 0 saturated carbocycles. The fourth-order valence-electron chi connectivity index (χ4n) is 2.82. The standard InChI is InChI=1S/C20H26N2O4/c1-6-17(23)22-11-7-8-14-12-15(9-10-16(14)22)19(25)26-13(2)18(24)21-20(3,4)5/h6,9-10,12-13H,1,7-8,11H2,2-5H3,(H,21,24). The van der Waals surface area contributed by atoms with E-state index >= 15 is 0 Å². The number of amides is 2. The van der Waals surface area contributed by atoms with Crippen molar-refractivity contribution in [1.29, 1.82) is 0 Å². The molecule has 1 aromatic carbocycles. The molecular formula is C20H26N2O4. The molecule has 1 unspecified atom stereocenters. The first-order valence-corrected chi connectivity index (χ1v) is 8.72. The molecule has 0 aromatic heterocycles. The van der Waals surface area contributed by atoms with Crippen LogP contribution in [0.5, 0.6) is 0 Å². The summed E-state index contributed by atoms with van der Waals surface area (Å²) in [5.74, 6) is -1.06. The Kier molecular flexibility index (Phi) is 5.85. The Balaban J connectivity index is 2.12. The van der Waals surface area contributed by atoms with Crippen LogP contribution in [-0.2, 0) is 20.7 Å². The number of aryl methyl sites for hydroxylation is 1. The van der Waals surface area contributed by atoms with Gasteiger partial charge >= 0.3 is 5.97 Å². The zero-order valence-corrected chi connectivity index (χ0v) is 15.8. The Morgan fingerprint density at radius 3 is 2.62 bits per heavy atom. The largest absolute Gasteiger partial charge is 0.449 e. The minimum absolute atomic E-state index is 0.159. The summed E-state index contributed by atoms with van der Waals surface area (Å²) in [6.45, 7) is 11.3. The van der Waals surface area contributed by atoms with E-state index in [9.17, 15) is 14.4 Å². The first-order valence-electron chi connectivity index (χ1n) is 8.72. The van der Waals surface area contributed by atoms with Crippen molar-refractivity contribution in [2.45, 2.75) is 52.2 Å². The molecule has 2 rings (SSSR count). The van der Waals surface area contributed by atoms with Crippen LogP contribution in [-0.4, -0.2) is 36.0 Å². The quantitative estimate of drug-likeness (QED) is 0.663. The van der Waals surface area contributed by atoms with Crippen molar-refractivity contribution in [3.63, 3.8) is 0 Å². The van der Waals surface area contributed by atoms with E-state index in [4.69, 9.17) is 4.74 Å². The number of nitrogens with zero attached hydrogens (tertiary/aromatic N) is 1. The summed E-state index contributed by atoms with van der Waals surface area (Å²) in [5, 5.41) is 2.78. The van der Waals surface area contributed by atoms with Gasteiger partial charge in [-0.05, 0) is 70.4 Å². The Labute approximate surface area is 154 Å². The predicted octanol–water partition coefficient (Wildman–Crippen LogP) is 2.61.